The molecule has 0 aromatic heterocycles. The van der Waals surface area contributed by atoms with Crippen LogP contribution in [0.4, 0.5) is 10.1 Å². The summed E-state index contributed by atoms with van der Waals surface area (Å²) in [6.45, 7) is 0. The van der Waals surface area contributed by atoms with Gasteiger partial charge >= 0.3 is 11.7 Å². The van der Waals surface area contributed by atoms with Crippen LogP contribution < -0.4 is 0 Å². The number of benzene rings is 1. The molecule has 0 radical (unpaired) electrons. The van der Waals surface area contributed by atoms with Crippen molar-refractivity contribution in [1.29, 1.82) is 0 Å². The van der Waals surface area contributed by atoms with Gasteiger partial charge in [0.15, 0.2) is 0 Å². The molecule has 1 aromatic rings. The van der Waals surface area contributed by atoms with Crippen molar-refractivity contribution in [3.05, 3.63) is 39.7 Å². The molecule has 0 saturated carbocycles. The Kier molecular flexibility index (Phi) is 4.89. The fourth-order valence-corrected chi connectivity index (χ4v) is 2.07. The summed E-state index contributed by atoms with van der Waals surface area (Å²) in [6, 6.07) is 3.96. The topological polar surface area (TPSA) is 80.4 Å². The first kappa shape index (κ1) is 13.4. The van der Waals surface area contributed by atoms with Crippen LogP contribution in [0.15, 0.2) is 18.2 Å². The van der Waals surface area contributed by atoms with E-state index in [4.69, 9.17) is 5.11 Å². The number of carboxylic acids is 1. The molecule has 0 amide bonds. The fraction of sp³-hybridized carbons (Fsp3) is 0.300. The van der Waals surface area contributed by atoms with Gasteiger partial charge in [0.2, 0.25) is 5.82 Å². The smallest absolute Gasteiger partial charge is 0.305 e. The summed E-state index contributed by atoms with van der Waals surface area (Å²) in [5, 5.41) is 18.9. The standard InChI is InChI=1S/C10H10FNO4S/c11-10-7(6-17-5-4-9(13)14)2-1-3-8(10)12(15)16/h1-3H,4-6H2,(H,13,14). The molecule has 0 saturated heterocycles. The van der Waals surface area contributed by atoms with E-state index in [-0.39, 0.29) is 17.7 Å². The normalized spacial score (nSPS) is 10.2. The maximum Gasteiger partial charge on any atom is 0.305 e. The van der Waals surface area contributed by atoms with Gasteiger partial charge in [-0.25, -0.2) is 0 Å². The van der Waals surface area contributed by atoms with Crippen LogP contribution in [-0.4, -0.2) is 21.8 Å². The minimum absolute atomic E-state index is 0.0127. The summed E-state index contributed by atoms with van der Waals surface area (Å²) in [4.78, 5) is 19.9. The summed E-state index contributed by atoms with van der Waals surface area (Å²) in [5.41, 5.74) is -0.337. The van der Waals surface area contributed by atoms with E-state index in [1.54, 1.807) is 0 Å². The molecule has 0 fully saturated rings. The van der Waals surface area contributed by atoms with Gasteiger partial charge in [-0.3, -0.25) is 14.9 Å². The van der Waals surface area contributed by atoms with Gasteiger partial charge in [-0.2, -0.15) is 16.2 Å². The highest BCUT2D eigenvalue weighted by Gasteiger charge is 2.16. The lowest BCUT2D eigenvalue weighted by molar-refractivity contribution is -0.387. The van der Waals surface area contributed by atoms with Crippen molar-refractivity contribution in [2.24, 2.45) is 0 Å². The number of hydrogen-bond acceptors (Lipinski definition) is 4. The monoisotopic (exact) mass is 259 g/mol. The largest absolute Gasteiger partial charge is 0.481 e. The van der Waals surface area contributed by atoms with Crippen molar-refractivity contribution in [3.63, 3.8) is 0 Å². The second-order valence-electron chi connectivity index (χ2n) is 3.20. The van der Waals surface area contributed by atoms with Crippen LogP contribution in [0.5, 0.6) is 0 Å². The summed E-state index contributed by atoms with van der Waals surface area (Å²) in [5.74, 6) is -1.20. The van der Waals surface area contributed by atoms with Gasteiger partial charge in [0.25, 0.3) is 0 Å². The SMILES string of the molecule is O=C(O)CCSCc1cccc([N+](=O)[O-])c1F. The molecule has 17 heavy (non-hydrogen) atoms. The first-order valence-corrected chi connectivity index (χ1v) is 5.89. The number of carboxylic acid groups (broad SMARTS) is 1. The van der Waals surface area contributed by atoms with E-state index in [0.29, 0.717) is 5.75 Å². The van der Waals surface area contributed by atoms with Gasteiger partial charge in [-0.15, -0.1) is 0 Å². The zero-order valence-corrected chi connectivity index (χ0v) is 9.58. The Hall–Kier alpha value is -1.63. The molecule has 7 heteroatoms. The summed E-state index contributed by atoms with van der Waals surface area (Å²) in [6.07, 6.45) is -0.0127. The zero-order chi connectivity index (χ0) is 12.8. The highest BCUT2D eigenvalue weighted by atomic mass is 32.2. The molecule has 1 N–H and O–H groups in total. The average molecular weight is 259 g/mol. The number of nitrogens with zero attached hydrogens (tertiary/aromatic N) is 1. The minimum atomic E-state index is -0.919. The van der Waals surface area contributed by atoms with E-state index in [1.165, 1.54) is 23.9 Å². The van der Waals surface area contributed by atoms with E-state index in [2.05, 4.69) is 0 Å². The minimum Gasteiger partial charge on any atom is -0.481 e. The van der Waals surface area contributed by atoms with Crippen LogP contribution in [0, 0.1) is 15.9 Å². The van der Waals surface area contributed by atoms with Gasteiger partial charge in [0, 0.05) is 23.1 Å². The number of aliphatic carboxylic acids is 1. The third-order valence-electron chi connectivity index (χ3n) is 1.97. The molecule has 5 nitrogen and oxygen atoms in total. The second kappa shape index (κ2) is 6.19. The third kappa shape index (κ3) is 4.03. The lowest BCUT2D eigenvalue weighted by Crippen LogP contribution is -1.98. The highest BCUT2D eigenvalue weighted by molar-refractivity contribution is 7.98. The molecule has 1 aromatic carbocycles. The van der Waals surface area contributed by atoms with Gasteiger partial charge in [-0.1, -0.05) is 12.1 Å². The summed E-state index contributed by atoms with van der Waals surface area (Å²) >= 11 is 1.23. The molecule has 0 aliphatic carbocycles. The Bertz CT molecular complexity index is 438. The molecule has 0 aliphatic heterocycles. The van der Waals surface area contributed by atoms with Crippen molar-refractivity contribution in [2.75, 3.05) is 5.75 Å². The van der Waals surface area contributed by atoms with Crippen molar-refractivity contribution in [2.45, 2.75) is 12.2 Å². The van der Waals surface area contributed by atoms with E-state index in [1.807, 2.05) is 0 Å². The Morgan fingerprint density at radius 2 is 2.24 bits per heavy atom. The Morgan fingerprint density at radius 3 is 2.82 bits per heavy atom. The average Bonchev–Trinajstić information content (AvgIpc) is 2.25. The molecule has 92 valence electrons. The van der Waals surface area contributed by atoms with Crippen LogP contribution in [0.25, 0.3) is 0 Å². The van der Waals surface area contributed by atoms with Crippen LogP contribution in [0.3, 0.4) is 0 Å². The van der Waals surface area contributed by atoms with Gasteiger partial charge in [0.1, 0.15) is 0 Å². The number of rotatable bonds is 6. The van der Waals surface area contributed by atoms with Crippen molar-refractivity contribution in [1.82, 2.24) is 0 Å². The molecular formula is C10H10FNO4S. The number of carbonyl (C=O) groups is 1. The Morgan fingerprint density at radius 1 is 1.53 bits per heavy atom. The predicted octanol–water partition coefficient (Wildman–Crippen LogP) is 2.44. The number of thioether (sulfide) groups is 1. The lowest BCUT2D eigenvalue weighted by Gasteiger charge is -2.02. The van der Waals surface area contributed by atoms with Crippen LogP contribution in [0.1, 0.15) is 12.0 Å². The maximum atomic E-state index is 13.5. The Balaban J connectivity index is 2.62. The van der Waals surface area contributed by atoms with Crippen molar-refractivity contribution >= 4 is 23.4 Å². The van der Waals surface area contributed by atoms with E-state index >= 15 is 0 Å². The second-order valence-corrected chi connectivity index (χ2v) is 4.31. The lowest BCUT2D eigenvalue weighted by atomic mass is 10.2. The van der Waals surface area contributed by atoms with E-state index in [9.17, 15) is 19.3 Å². The first-order chi connectivity index (χ1) is 8.02. The number of nitro benzene ring substituents is 1. The molecule has 0 spiro atoms. The molecular weight excluding hydrogens is 249 g/mol. The number of hydrogen-bond donors (Lipinski definition) is 1. The van der Waals surface area contributed by atoms with E-state index in [0.717, 1.165) is 6.07 Å². The molecule has 0 unspecified atom stereocenters. The van der Waals surface area contributed by atoms with Gasteiger partial charge in [0.05, 0.1) is 11.3 Å². The Labute approximate surface area is 101 Å². The number of halogens is 1. The van der Waals surface area contributed by atoms with Crippen LogP contribution >= 0.6 is 11.8 Å². The molecule has 0 atom stereocenters. The molecule has 1 rings (SSSR count). The maximum absolute atomic E-state index is 13.5. The van der Waals surface area contributed by atoms with Crippen molar-refractivity contribution in [3.8, 4) is 0 Å². The molecule has 0 aliphatic rings. The van der Waals surface area contributed by atoms with Gasteiger partial charge in [-0.05, 0) is 0 Å². The van der Waals surface area contributed by atoms with E-state index < -0.39 is 22.4 Å². The predicted molar refractivity (Wildman–Crippen MR) is 61.5 cm³/mol. The van der Waals surface area contributed by atoms with Gasteiger partial charge < -0.3 is 5.11 Å². The molecule has 0 heterocycles. The third-order valence-corrected chi connectivity index (χ3v) is 2.98. The highest BCUT2D eigenvalue weighted by Crippen LogP contribution is 2.23. The first-order valence-electron chi connectivity index (χ1n) is 4.73. The number of nitro groups is 1. The zero-order valence-electron chi connectivity index (χ0n) is 8.76. The fourth-order valence-electron chi connectivity index (χ4n) is 1.16. The molecule has 0 bridgehead atoms. The summed E-state index contributed by atoms with van der Waals surface area (Å²) in [7, 11) is 0. The quantitative estimate of drug-likeness (QED) is 0.482. The van der Waals surface area contributed by atoms with Crippen LogP contribution in [-0.2, 0) is 10.5 Å². The van der Waals surface area contributed by atoms with Crippen LogP contribution in [0.2, 0.25) is 0 Å². The summed E-state index contributed by atoms with van der Waals surface area (Å²) < 4.78 is 13.5. The van der Waals surface area contributed by atoms with Crippen molar-refractivity contribution < 1.29 is 19.2 Å².